The molecule has 24 rings (SSSR count). The van der Waals surface area contributed by atoms with E-state index in [9.17, 15) is 29.7 Å². The summed E-state index contributed by atoms with van der Waals surface area (Å²) in [6.45, 7) is 10.6. The third kappa shape index (κ3) is 18.3. The van der Waals surface area contributed by atoms with Crippen molar-refractivity contribution >= 4 is 153 Å². The van der Waals surface area contributed by atoms with Crippen molar-refractivity contribution in [2.75, 3.05) is 33.4 Å². The minimum Gasteiger partial charge on any atom is -0.493 e. The molecular weight excluding hydrogens is 1930 g/mol. The first-order valence-electron chi connectivity index (χ1n) is 49.3. The van der Waals surface area contributed by atoms with Crippen LogP contribution in [0, 0.1) is 0 Å². The molecule has 9 aromatic carbocycles. The average Bonchev–Trinajstić information content (AvgIpc) is 1.58. The van der Waals surface area contributed by atoms with Crippen LogP contribution in [-0.4, -0.2) is 149 Å². The molecule has 0 radical (unpaired) electrons. The molecule has 0 unspecified atom stereocenters. The number of aryl methyl sites for hydroxylation is 12. The van der Waals surface area contributed by atoms with E-state index in [2.05, 4.69) is 140 Å². The second kappa shape index (κ2) is 40.3. The van der Waals surface area contributed by atoms with Gasteiger partial charge in [0, 0.05) is 233 Å². The van der Waals surface area contributed by atoms with Crippen LogP contribution in [0.2, 0.25) is 15.1 Å². The number of nitrogens with one attached hydrogen (secondary N) is 1. The van der Waals surface area contributed by atoms with Gasteiger partial charge in [0.1, 0.15) is 34.3 Å². The van der Waals surface area contributed by atoms with Crippen LogP contribution in [0.1, 0.15) is 162 Å². The molecular formula is C111H111Cl3N18O9S3. The van der Waals surface area contributed by atoms with E-state index in [-0.39, 0.29) is 17.1 Å². The summed E-state index contributed by atoms with van der Waals surface area (Å²) in [4.78, 5) is 46.5. The number of thioether (sulfide) groups is 3. The Morgan fingerprint density at radius 2 is 0.715 bits per heavy atom. The number of carboxylic acid groups (broad SMARTS) is 3. The van der Waals surface area contributed by atoms with Crippen molar-refractivity contribution < 1.29 is 43.9 Å². The Bertz CT molecular complexity index is 8170. The quantitative estimate of drug-likeness (QED) is 0.127. The first-order valence-corrected chi connectivity index (χ1v) is 53.4. The summed E-state index contributed by atoms with van der Waals surface area (Å²) in [6.07, 6.45) is 9.36. The predicted octanol–water partition coefficient (Wildman–Crippen LogP) is 22.5. The number of nitrogens with zero attached hydrogens (tertiary/aromatic N) is 17. The largest absolute Gasteiger partial charge is 0.493 e. The number of ether oxygens (including phenoxy) is 3. The lowest BCUT2D eigenvalue weighted by molar-refractivity contribution is 0.0675. The van der Waals surface area contributed by atoms with E-state index in [4.69, 9.17) is 79.6 Å². The van der Waals surface area contributed by atoms with Gasteiger partial charge >= 0.3 is 17.9 Å². The van der Waals surface area contributed by atoms with E-state index in [0.29, 0.717) is 113 Å². The lowest BCUT2D eigenvalue weighted by atomic mass is 9.96. The molecule has 144 heavy (non-hydrogen) atoms. The number of carboxylic acids is 3. The summed E-state index contributed by atoms with van der Waals surface area (Å²) in [5.41, 5.74) is 24.1. The van der Waals surface area contributed by atoms with Gasteiger partial charge in [-0.1, -0.05) is 133 Å². The summed E-state index contributed by atoms with van der Waals surface area (Å²) in [5.74, 6) is 1.98. The van der Waals surface area contributed by atoms with Crippen molar-refractivity contribution in [2.24, 2.45) is 42.3 Å². The van der Waals surface area contributed by atoms with Crippen molar-refractivity contribution in [3.8, 4) is 50.6 Å². The van der Waals surface area contributed by atoms with Gasteiger partial charge in [-0.2, -0.15) is 30.6 Å². The Labute approximate surface area is 860 Å². The fourth-order valence-electron chi connectivity index (χ4n) is 22.6. The number of fused-ring (bicyclic) bond motifs is 30. The highest BCUT2D eigenvalue weighted by atomic mass is 35.5. The van der Waals surface area contributed by atoms with E-state index in [1.807, 2.05) is 132 Å². The Hall–Kier alpha value is -12.8. The second-order valence-electron chi connectivity index (χ2n) is 38.3. The van der Waals surface area contributed by atoms with Crippen LogP contribution in [0.5, 0.6) is 17.2 Å². The normalized spacial score (nSPS) is 15.6. The molecule has 0 fully saturated rings. The molecule has 6 aliphatic rings. The fraction of sp³-hybridized carbons (Fsp3) is 0.324. The second-order valence-corrected chi connectivity index (χ2v) is 42.7. The van der Waals surface area contributed by atoms with E-state index in [0.717, 1.165) is 297 Å². The summed E-state index contributed by atoms with van der Waals surface area (Å²) in [7, 11) is 13.6. The van der Waals surface area contributed by atoms with Gasteiger partial charge < -0.3 is 48.5 Å². The standard InChI is InChI=1S/C38H39ClN6O3S.C37H37ClN6O3S.C36H35ClN6O3S/c1-4-44-20-24-18-25(43(3)40-24)22-49-26-17-23-9-5-6-10-27(23)33(19-26)48-16-8-11-28-29-13-14-30(39)34(36(29)42(2)37(28)38(46)47)35-31(21-44)41-45-15-7-12-32(35)45;1-41-19-23-17-24(43(3)39-23)21-48-25-16-22-8-4-5-9-26(22)32(18-25)47-15-7-10-27-28-12-13-29(38)33(35(28)42(2)36(27)37(45)46)34-30(20-41)40-44-14-6-11-31(34)44;1-41-34-27-11-12-28(37)32(34)33-29(40-43-13-5-10-30(33)43)19-38-18-22-16-23(42(2)39-22)20-47-24-15-21-7-3-4-8-25(21)31(17-24)46-14-6-9-26(27)35(41)36(44)45/h5-6,9-10,13-14,17-19H,4,7-8,11-12,15-16,20-22H2,1-3H3,(H,46,47);4-5,8-9,12-13,16-18H,6-7,10-11,14-15,19-21H2,1-3H3,(H,45,46);3-4,7-8,11-12,15-17,38H,5-6,9-10,13-14,18-20H2,1-2H3,(H,44,45). The summed E-state index contributed by atoms with van der Waals surface area (Å²) in [6, 6.07) is 56.1. The number of halogens is 3. The number of hydrogen-bond acceptors (Lipinski definition) is 18. The number of rotatable bonds is 4. The summed E-state index contributed by atoms with van der Waals surface area (Å²) >= 11 is 26.6. The third-order valence-electron chi connectivity index (χ3n) is 29.1. The zero-order valence-electron chi connectivity index (χ0n) is 81.6. The Morgan fingerprint density at radius 1 is 0.368 bits per heavy atom. The minimum atomic E-state index is -0.955. The Balaban J connectivity index is 0.000000123. The monoisotopic (exact) mass is 2040 g/mol. The Morgan fingerprint density at radius 3 is 1.10 bits per heavy atom. The van der Waals surface area contributed by atoms with Crippen molar-refractivity contribution in [2.45, 2.75) is 175 Å². The maximum atomic E-state index is 12.9. The van der Waals surface area contributed by atoms with Crippen molar-refractivity contribution in [3.05, 3.63) is 281 Å². The molecule has 0 atom stereocenters. The van der Waals surface area contributed by atoms with Crippen LogP contribution in [-0.2, 0) is 157 Å². The minimum absolute atomic E-state index is 0.281. The van der Waals surface area contributed by atoms with Gasteiger partial charge in [-0.15, -0.1) is 35.3 Å². The van der Waals surface area contributed by atoms with Crippen LogP contribution in [0.4, 0.5) is 0 Å². The van der Waals surface area contributed by atoms with Gasteiger partial charge in [0.25, 0.3) is 0 Å². The van der Waals surface area contributed by atoms with E-state index in [1.165, 1.54) is 0 Å². The predicted molar refractivity (Wildman–Crippen MR) is 570 cm³/mol. The van der Waals surface area contributed by atoms with E-state index < -0.39 is 17.9 Å². The average molecular weight is 2040 g/mol. The molecule has 738 valence electrons. The molecule has 27 nitrogen and oxygen atoms in total. The highest BCUT2D eigenvalue weighted by Crippen LogP contribution is 2.50. The SMILES string of the molecule is CCN1Cc2cc(n(C)n2)CSc2cc(c3ccccc3c2)OCCCc2c(C(=O)O)n(C)c3c(c(Cl)ccc23)-c2c(nn3c2CCC3)C1.CN1Cc2cc(n(C)n2)CSc2cc(c3ccccc3c2)OCCCc2c(C(=O)O)n(C)c3c(c(Cl)ccc23)-c2c(nn3c2CCC3)C1.Cn1nc2cc1CSc1cc(c3ccccc3c1)OCCCc1c(C(=O)O)n(C)c3c(c(Cl)ccc13)-c1c(nn3c1CCC3)CNC2. The van der Waals surface area contributed by atoms with Gasteiger partial charge in [0.05, 0.1) is 85.6 Å². The van der Waals surface area contributed by atoms with Crippen molar-refractivity contribution in [1.29, 1.82) is 0 Å². The molecule has 4 N–H and O–H groups in total. The molecule has 24 bridgehead atoms. The van der Waals surface area contributed by atoms with Gasteiger partial charge in [0.2, 0.25) is 0 Å². The number of aromatic nitrogens is 15. The highest BCUT2D eigenvalue weighted by molar-refractivity contribution is 7.99. The molecule has 0 amide bonds. The molecule has 15 heterocycles. The van der Waals surface area contributed by atoms with Gasteiger partial charge in [-0.3, -0.25) is 37.9 Å². The molecule has 0 aliphatic carbocycles. The van der Waals surface area contributed by atoms with Gasteiger partial charge in [-0.05, 0) is 196 Å². The van der Waals surface area contributed by atoms with E-state index in [1.54, 1.807) is 39.9 Å². The lowest BCUT2D eigenvalue weighted by Crippen LogP contribution is -2.23. The van der Waals surface area contributed by atoms with Crippen LogP contribution in [0.3, 0.4) is 0 Å². The maximum absolute atomic E-state index is 12.9. The summed E-state index contributed by atoms with van der Waals surface area (Å²) < 4.78 is 37.1. The number of benzene rings is 9. The number of carbonyl (C=O) groups is 3. The lowest BCUT2D eigenvalue weighted by Gasteiger charge is -2.20. The summed E-state index contributed by atoms with van der Waals surface area (Å²) in [5, 5.41) is 76.0. The molecule has 0 spiro atoms. The molecule has 18 aromatic rings. The zero-order valence-corrected chi connectivity index (χ0v) is 86.4. The zero-order chi connectivity index (χ0) is 99.1. The van der Waals surface area contributed by atoms with Crippen LogP contribution in [0.15, 0.2) is 178 Å². The molecule has 6 aliphatic heterocycles. The fourth-order valence-corrected chi connectivity index (χ4v) is 26.3. The molecule has 33 heteroatoms. The maximum Gasteiger partial charge on any atom is 0.352 e. The molecule has 0 saturated carbocycles. The topological polar surface area (TPSA) is 280 Å². The molecule has 0 saturated heterocycles. The number of aromatic carboxylic acids is 3. The number of hydrogen-bond donors (Lipinski definition) is 4. The first-order chi connectivity index (χ1) is 69.9. The van der Waals surface area contributed by atoms with E-state index >= 15 is 0 Å². The highest BCUT2D eigenvalue weighted by Gasteiger charge is 2.36. The molecule has 9 aromatic heterocycles. The van der Waals surface area contributed by atoms with Crippen LogP contribution < -0.4 is 19.5 Å². The smallest absolute Gasteiger partial charge is 0.352 e. The van der Waals surface area contributed by atoms with Crippen molar-refractivity contribution in [3.63, 3.8) is 0 Å². The van der Waals surface area contributed by atoms with Crippen LogP contribution >= 0.6 is 70.1 Å². The third-order valence-corrected chi connectivity index (χ3v) is 33.1. The van der Waals surface area contributed by atoms with Crippen molar-refractivity contribution in [1.82, 2.24) is 87.5 Å². The Kier molecular flexibility index (Phi) is 26.9. The van der Waals surface area contributed by atoms with Crippen LogP contribution in [0.25, 0.3) is 98.4 Å². The first kappa shape index (κ1) is 96.1. The van der Waals surface area contributed by atoms with Gasteiger partial charge in [0.15, 0.2) is 0 Å². The van der Waals surface area contributed by atoms with Gasteiger partial charge in [-0.25, -0.2) is 14.4 Å².